The normalized spacial score (nSPS) is 17.1. The number of hydrogen-bond donors (Lipinski definition) is 0. The van der Waals surface area contributed by atoms with E-state index >= 15 is 0 Å². The maximum absolute atomic E-state index is 10.1. The molecule has 0 aliphatic carbocycles. The summed E-state index contributed by atoms with van der Waals surface area (Å²) < 4.78 is 7.11. The maximum atomic E-state index is 10.1. The molecule has 0 spiro atoms. The third-order valence-corrected chi connectivity index (χ3v) is 2.86. The average Bonchev–Trinajstić information content (AvgIpc) is 2.69. The summed E-state index contributed by atoms with van der Waals surface area (Å²) in [6.45, 7) is 1.96. The van der Waals surface area contributed by atoms with Crippen LogP contribution in [0, 0.1) is 0 Å². The van der Waals surface area contributed by atoms with Crippen molar-refractivity contribution >= 4 is 6.08 Å². The highest BCUT2D eigenvalue weighted by Gasteiger charge is 2.21. The van der Waals surface area contributed by atoms with E-state index in [9.17, 15) is 4.79 Å². The van der Waals surface area contributed by atoms with Crippen molar-refractivity contribution < 1.29 is 9.53 Å². The van der Waals surface area contributed by atoms with E-state index < -0.39 is 0 Å². The molecule has 5 nitrogen and oxygen atoms in total. The van der Waals surface area contributed by atoms with E-state index in [0.717, 1.165) is 37.3 Å². The lowest BCUT2D eigenvalue weighted by Crippen LogP contribution is -2.15. The van der Waals surface area contributed by atoms with Gasteiger partial charge in [-0.15, -0.1) is 0 Å². The SMILES string of the molecule is Cn1cc(CN=C=O)c(C2CCOCC2)n1. The van der Waals surface area contributed by atoms with Gasteiger partial charge in [-0.1, -0.05) is 0 Å². The van der Waals surface area contributed by atoms with Crippen LogP contribution in [-0.4, -0.2) is 29.1 Å². The number of ether oxygens (including phenoxy) is 1. The molecule has 1 aliphatic rings. The minimum atomic E-state index is 0.379. The largest absolute Gasteiger partial charge is 0.381 e. The minimum Gasteiger partial charge on any atom is -0.381 e. The van der Waals surface area contributed by atoms with E-state index in [1.807, 2.05) is 13.2 Å². The van der Waals surface area contributed by atoms with Gasteiger partial charge in [0.15, 0.2) is 0 Å². The van der Waals surface area contributed by atoms with Crippen molar-refractivity contribution in [1.82, 2.24) is 9.78 Å². The van der Waals surface area contributed by atoms with E-state index in [2.05, 4.69) is 10.1 Å². The van der Waals surface area contributed by atoms with Gasteiger partial charge in [-0.3, -0.25) is 4.68 Å². The van der Waals surface area contributed by atoms with Crippen molar-refractivity contribution in [3.05, 3.63) is 17.5 Å². The molecule has 1 aromatic rings. The summed E-state index contributed by atoms with van der Waals surface area (Å²) in [5.41, 5.74) is 2.09. The highest BCUT2D eigenvalue weighted by atomic mass is 16.5. The molecular formula is C11H15N3O2. The predicted molar refractivity (Wildman–Crippen MR) is 57.8 cm³/mol. The van der Waals surface area contributed by atoms with Crippen LogP contribution in [-0.2, 0) is 23.1 Å². The Hall–Kier alpha value is -1.45. The Balaban J connectivity index is 2.20. The molecule has 2 heterocycles. The van der Waals surface area contributed by atoms with E-state index in [1.54, 1.807) is 10.8 Å². The molecule has 0 unspecified atom stereocenters. The van der Waals surface area contributed by atoms with Gasteiger partial charge in [0.25, 0.3) is 0 Å². The molecule has 0 bridgehead atoms. The zero-order valence-electron chi connectivity index (χ0n) is 9.35. The zero-order chi connectivity index (χ0) is 11.4. The van der Waals surface area contributed by atoms with Crippen LogP contribution >= 0.6 is 0 Å². The smallest absolute Gasteiger partial charge is 0.235 e. The fourth-order valence-corrected chi connectivity index (χ4v) is 2.11. The summed E-state index contributed by atoms with van der Waals surface area (Å²) in [7, 11) is 1.89. The van der Waals surface area contributed by atoms with E-state index in [4.69, 9.17) is 4.74 Å². The lowest BCUT2D eigenvalue weighted by atomic mass is 9.94. The number of hydrogen-bond acceptors (Lipinski definition) is 4. The second kappa shape index (κ2) is 5.05. The van der Waals surface area contributed by atoms with Gasteiger partial charge in [0.05, 0.1) is 12.2 Å². The summed E-state index contributed by atoms with van der Waals surface area (Å²) in [5.74, 6) is 0.437. The van der Waals surface area contributed by atoms with Gasteiger partial charge in [-0.05, 0) is 12.8 Å². The Bertz CT molecular complexity index is 401. The van der Waals surface area contributed by atoms with Crippen LogP contribution in [0.2, 0.25) is 0 Å². The quantitative estimate of drug-likeness (QED) is 0.568. The first-order valence-corrected chi connectivity index (χ1v) is 5.45. The summed E-state index contributed by atoms with van der Waals surface area (Å²) in [6.07, 6.45) is 5.48. The van der Waals surface area contributed by atoms with Gasteiger partial charge >= 0.3 is 0 Å². The molecule has 16 heavy (non-hydrogen) atoms. The monoisotopic (exact) mass is 221 g/mol. The summed E-state index contributed by atoms with van der Waals surface area (Å²) in [4.78, 5) is 13.8. The number of rotatable bonds is 3. The van der Waals surface area contributed by atoms with Gasteiger partial charge in [-0.25, -0.2) is 9.79 Å². The van der Waals surface area contributed by atoms with Crippen LogP contribution in [0.25, 0.3) is 0 Å². The van der Waals surface area contributed by atoms with E-state index in [-0.39, 0.29) is 0 Å². The molecule has 1 aromatic heterocycles. The highest BCUT2D eigenvalue weighted by molar-refractivity contribution is 5.34. The standard InChI is InChI=1S/C11H15N3O2/c1-14-7-10(6-12-8-15)11(13-14)9-2-4-16-5-3-9/h7,9H,2-6H2,1H3. The number of isocyanates is 1. The molecule has 0 N–H and O–H groups in total. The maximum Gasteiger partial charge on any atom is 0.235 e. The number of nitrogens with zero attached hydrogens (tertiary/aromatic N) is 3. The van der Waals surface area contributed by atoms with Gasteiger partial charge in [0.1, 0.15) is 0 Å². The van der Waals surface area contributed by atoms with Gasteiger partial charge in [0.2, 0.25) is 6.08 Å². The third kappa shape index (κ3) is 2.38. The van der Waals surface area contributed by atoms with E-state index in [0.29, 0.717) is 12.5 Å². The molecule has 0 aromatic carbocycles. The first-order valence-electron chi connectivity index (χ1n) is 5.45. The highest BCUT2D eigenvalue weighted by Crippen LogP contribution is 2.28. The first kappa shape index (κ1) is 11.0. The molecule has 0 radical (unpaired) electrons. The second-order valence-corrected chi connectivity index (χ2v) is 4.01. The lowest BCUT2D eigenvalue weighted by Gasteiger charge is -2.21. The Labute approximate surface area is 94.1 Å². The molecule has 0 atom stereocenters. The molecule has 5 heteroatoms. The molecular weight excluding hydrogens is 206 g/mol. The molecule has 1 saturated heterocycles. The molecule has 2 rings (SSSR count). The Morgan fingerprint density at radius 3 is 3.06 bits per heavy atom. The van der Waals surface area contributed by atoms with Crippen LogP contribution in [0.5, 0.6) is 0 Å². The van der Waals surface area contributed by atoms with Crippen molar-refractivity contribution in [2.45, 2.75) is 25.3 Å². The molecule has 86 valence electrons. The molecule has 0 amide bonds. The van der Waals surface area contributed by atoms with Crippen molar-refractivity contribution in [2.75, 3.05) is 13.2 Å². The second-order valence-electron chi connectivity index (χ2n) is 4.01. The average molecular weight is 221 g/mol. The van der Waals surface area contributed by atoms with Crippen LogP contribution in [0.15, 0.2) is 11.2 Å². The molecule has 1 fully saturated rings. The van der Waals surface area contributed by atoms with Crippen molar-refractivity contribution in [3.8, 4) is 0 Å². The summed E-state index contributed by atoms with van der Waals surface area (Å²) in [6, 6.07) is 0. The van der Waals surface area contributed by atoms with Crippen LogP contribution < -0.4 is 0 Å². The first-order chi connectivity index (χ1) is 7.81. The van der Waals surface area contributed by atoms with Gasteiger partial charge in [-0.2, -0.15) is 5.10 Å². The van der Waals surface area contributed by atoms with Crippen molar-refractivity contribution in [1.29, 1.82) is 0 Å². The van der Waals surface area contributed by atoms with Crippen molar-refractivity contribution in [3.63, 3.8) is 0 Å². The van der Waals surface area contributed by atoms with Crippen LogP contribution in [0.1, 0.15) is 30.0 Å². The third-order valence-electron chi connectivity index (χ3n) is 2.86. The molecule has 0 saturated carbocycles. The summed E-state index contributed by atoms with van der Waals surface area (Å²) in [5, 5.41) is 4.46. The zero-order valence-corrected chi connectivity index (χ0v) is 9.35. The fourth-order valence-electron chi connectivity index (χ4n) is 2.11. The van der Waals surface area contributed by atoms with Gasteiger partial charge in [0, 0.05) is 37.9 Å². The fraction of sp³-hybridized carbons (Fsp3) is 0.636. The van der Waals surface area contributed by atoms with Crippen molar-refractivity contribution in [2.24, 2.45) is 12.0 Å². The van der Waals surface area contributed by atoms with Gasteiger partial charge < -0.3 is 4.74 Å². The van der Waals surface area contributed by atoms with E-state index in [1.165, 1.54) is 0 Å². The van der Waals surface area contributed by atoms with Crippen LogP contribution in [0.3, 0.4) is 0 Å². The number of carbonyl (C=O) groups excluding carboxylic acids is 1. The Morgan fingerprint density at radius 2 is 2.38 bits per heavy atom. The van der Waals surface area contributed by atoms with Crippen LogP contribution in [0.4, 0.5) is 0 Å². The predicted octanol–water partition coefficient (Wildman–Crippen LogP) is 1.15. The Morgan fingerprint density at radius 1 is 1.62 bits per heavy atom. The topological polar surface area (TPSA) is 56.5 Å². The number of aryl methyl sites for hydroxylation is 1. The minimum absolute atomic E-state index is 0.379. The number of aromatic nitrogens is 2. The lowest BCUT2D eigenvalue weighted by molar-refractivity contribution is 0.0842. The Kier molecular flexibility index (Phi) is 3.49. The summed E-state index contributed by atoms with van der Waals surface area (Å²) >= 11 is 0. The molecule has 1 aliphatic heterocycles. The number of aliphatic imine (C=N–C) groups is 1.